The van der Waals surface area contributed by atoms with Gasteiger partial charge in [-0.3, -0.25) is 4.79 Å². The molecular weight excluding hydrogens is 350 g/mol. The largest absolute Gasteiger partial charge is 0.447 e. The average Bonchev–Trinajstić information content (AvgIpc) is 2.55. The molecule has 0 unspecified atom stereocenters. The molecule has 0 saturated carbocycles. The molecule has 0 aromatic carbocycles. The third-order valence-electron chi connectivity index (χ3n) is 2.91. The Kier molecular flexibility index (Phi) is 6.58. The number of nitrogens with zero attached hydrogens (tertiary/aromatic N) is 4. The Bertz CT molecular complexity index is 887. The van der Waals surface area contributed by atoms with Crippen molar-refractivity contribution in [2.75, 3.05) is 24.3 Å². The molecule has 0 saturated heterocycles. The molecule has 0 atom stereocenters. The van der Waals surface area contributed by atoms with Gasteiger partial charge in [-0.2, -0.15) is 4.98 Å². The molecule has 0 bridgehead atoms. The number of anilines is 2. The van der Waals surface area contributed by atoms with Gasteiger partial charge in [-0.1, -0.05) is 12.5 Å². The van der Waals surface area contributed by atoms with Gasteiger partial charge in [0, 0.05) is 27.1 Å². The van der Waals surface area contributed by atoms with Crippen LogP contribution in [0.25, 0.3) is 0 Å². The Morgan fingerprint density at radius 1 is 1.35 bits per heavy atom. The predicted octanol–water partition coefficient (Wildman–Crippen LogP) is 2.94. The molecule has 134 valence electrons. The van der Waals surface area contributed by atoms with Gasteiger partial charge < -0.3 is 15.0 Å². The van der Waals surface area contributed by atoms with Gasteiger partial charge in [0.15, 0.2) is 5.16 Å². The summed E-state index contributed by atoms with van der Waals surface area (Å²) in [5, 5.41) is 3.04. The summed E-state index contributed by atoms with van der Waals surface area (Å²) < 4.78 is 5.24. The van der Waals surface area contributed by atoms with E-state index in [1.807, 2.05) is 31.1 Å². The molecule has 2 aromatic heterocycles. The number of rotatable bonds is 6. The van der Waals surface area contributed by atoms with Gasteiger partial charge in [-0.05, 0) is 36.7 Å². The van der Waals surface area contributed by atoms with Gasteiger partial charge >= 0.3 is 0 Å². The van der Waals surface area contributed by atoms with E-state index in [4.69, 9.17) is 4.74 Å². The monoisotopic (exact) mass is 369 g/mol. The normalized spacial score (nSPS) is 9.69. The van der Waals surface area contributed by atoms with Crippen molar-refractivity contribution in [3.05, 3.63) is 36.7 Å². The lowest BCUT2D eigenvalue weighted by atomic mass is 10.3. The zero-order valence-electron chi connectivity index (χ0n) is 15.0. The van der Waals surface area contributed by atoms with E-state index in [0.717, 1.165) is 10.7 Å². The van der Waals surface area contributed by atoms with E-state index in [-0.39, 0.29) is 11.8 Å². The van der Waals surface area contributed by atoms with Crippen LogP contribution in [-0.4, -0.2) is 35.0 Å². The number of amides is 1. The van der Waals surface area contributed by atoms with Crippen molar-refractivity contribution < 1.29 is 9.53 Å². The highest BCUT2D eigenvalue weighted by Crippen LogP contribution is 2.33. The second-order valence-corrected chi connectivity index (χ2v) is 6.24. The van der Waals surface area contributed by atoms with E-state index in [1.54, 1.807) is 6.92 Å². The van der Waals surface area contributed by atoms with E-state index < -0.39 is 0 Å². The molecule has 2 heterocycles. The zero-order valence-corrected chi connectivity index (χ0v) is 15.8. The molecule has 2 rings (SSSR count). The quantitative estimate of drug-likeness (QED) is 0.476. The minimum absolute atomic E-state index is 0.234. The van der Waals surface area contributed by atoms with Crippen molar-refractivity contribution in [3.8, 4) is 17.7 Å². The van der Waals surface area contributed by atoms with Crippen LogP contribution in [0.2, 0.25) is 0 Å². The molecule has 1 amide bonds. The average molecular weight is 369 g/mol. The highest BCUT2D eigenvalue weighted by Gasteiger charge is 2.13. The molecule has 8 heteroatoms. The molecule has 0 aliphatic rings. The van der Waals surface area contributed by atoms with Crippen LogP contribution in [0.3, 0.4) is 0 Å². The summed E-state index contributed by atoms with van der Waals surface area (Å²) in [5.74, 6) is 6.93. The van der Waals surface area contributed by atoms with Crippen LogP contribution < -0.4 is 15.0 Å². The van der Waals surface area contributed by atoms with Gasteiger partial charge in [0.1, 0.15) is 17.3 Å². The van der Waals surface area contributed by atoms with Crippen LogP contribution in [0.4, 0.5) is 11.6 Å². The lowest BCUT2D eigenvalue weighted by Crippen LogP contribution is -2.12. The van der Waals surface area contributed by atoms with Crippen molar-refractivity contribution in [3.63, 3.8) is 0 Å². The summed E-state index contributed by atoms with van der Waals surface area (Å²) in [6, 6.07) is 5.28. The number of hydrogen-bond donors (Lipinski definition) is 1. The molecule has 0 aliphatic carbocycles. The topological polar surface area (TPSA) is 80.2 Å². The molecule has 0 radical (unpaired) electrons. The number of hydrogen-bond acceptors (Lipinski definition) is 7. The highest BCUT2D eigenvalue weighted by atomic mass is 32.2. The fraction of sp³-hybridized carbons (Fsp3) is 0.222. The first-order chi connectivity index (χ1) is 12.4. The van der Waals surface area contributed by atoms with Crippen LogP contribution in [0.5, 0.6) is 5.88 Å². The molecule has 1 N–H and O–H groups in total. The fourth-order valence-corrected chi connectivity index (χ4v) is 2.90. The van der Waals surface area contributed by atoms with Crippen molar-refractivity contribution in [1.29, 1.82) is 0 Å². The number of ether oxygens (including phenoxy) is 1. The van der Waals surface area contributed by atoms with E-state index in [0.29, 0.717) is 16.7 Å². The Morgan fingerprint density at radius 2 is 2.12 bits per heavy atom. The summed E-state index contributed by atoms with van der Waals surface area (Å²) >= 11 is 1.31. The molecule has 0 fully saturated rings. The van der Waals surface area contributed by atoms with Crippen LogP contribution in [0.1, 0.15) is 19.5 Å². The maximum Gasteiger partial charge on any atom is 0.224 e. The lowest BCUT2D eigenvalue weighted by molar-refractivity contribution is -0.114. The van der Waals surface area contributed by atoms with Crippen LogP contribution in [-0.2, 0) is 4.79 Å². The Balaban J connectivity index is 2.42. The second-order valence-electron chi connectivity index (χ2n) is 5.23. The molecule has 0 spiro atoms. The summed E-state index contributed by atoms with van der Waals surface area (Å²) in [6.07, 6.45) is 1.26. The van der Waals surface area contributed by atoms with E-state index in [1.165, 1.54) is 31.0 Å². The van der Waals surface area contributed by atoms with E-state index >= 15 is 0 Å². The SMILES string of the molecule is C=COc1cc(NC(C)=O)nc(Sc2ccc(C#CC)nc2N(C)C)n1. The first-order valence-electron chi connectivity index (χ1n) is 7.66. The minimum atomic E-state index is -0.234. The standard InChI is InChI=1S/C18H19N5O2S/c1-6-8-13-9-10-14(17(20-13)23(4)5)26-18-21-15(19-12(3)24)11-16(22-18)25-7-2/h7,9-11H,2H2,1,3-5H3,(H,19,21,22,24). The van der Waals surface area contributed by atoms with Gasteiger partial charge in [0.05, 0.1) is 11.2 Å². The Morgan fingerprint density at radius 3 is 2.73 bits per heavy atom. The molecule has 0 aliphatic heterocycles. The van der Waals surface area contributed by atoms with Crippen molar-refractivity contribution in [2.24, 2.45) is 0 Å². The first-order valence-corrected chi connectivity index (χ1v) is 8.47. The van der Waals surface area contributed by atoms with Gasteiger partial charge in [-0.25, -0.2) is 9.97 Å². The summed E-state index contributed by atoms with van der Waals surface area (Å²) in [5.41, 5.74) is 0.684. The maximum absolute atomic E-state index is 11.3. The van der Waals surface area contributed by atoms with Crippen LogP contribution in [0, 0.1) is 11.8 Å². The third kappa shape index (κ3) is 5.22. The van der Waals surface area contributed by atoms with E-state index in [9.17, 15) is 4.79 Å². The van der Waals surface area contributed by atoms with Gasteiger partial charge in [-0.15, -0.1) is 0 Å². The van der Waals surface area contributed by atoms with Crippen LogP contribution in [0.15, 0.2) is 41.1 Å². The number of aromatic nitrogens is 3. The minimum Gasteiger partial charge on any atom is -0.447 e. The summed E-state index contributed by atoms with van der Waals surface area (Å²) in [7, 11) is 3.80. The van der Waals surface area contributed by atoms with Gasteiger partial charge in [0.2, 0.25) is 11.8 Å². The van der Waals surface area contributed by atoms with Crippen molar-refractivity contribution in [2.45, 2.75) is 23.9 Å². The van der Waals surface area contributed by atoms with E-state index in [2.05, 4.69) is 38.7 Å². The molecule has 7 nitrogen and oxygen atoms in total. The van der Waals surface area contributed by atoms with Crippen molar-refractivity contribution in [1.82, 2.24) is 15.0 Å². The lowest BCUT2D eigenvalue weighted by Gasteiger charge is -2.16. The van der Waals surface area contributed by atoms with Gasteiger partial charge in [0.25, 0.3) is 0 Å². The summed E-state index contributed by atoms with van der Waals surface area (Å²) in [4.78, 5) is 27.3. The summed E-state index contributed by atoms with van der Waals surface area (Å²) in [6.45, 7) is 6.69. The first kappa shape index (κ1) is 19.3. The molecule has 2 aromatic rings. The molecule has 26 heavy (non-hydrogen) atoms. The number of carbonyl (C=O) groups excluding carboxylic acids is 1. The number of pyridine rings is 1. The number of nitrogens with one attached hydrogen (secondary N) is 1. The Labute approximate surface area is 156 Å². The second kappa shape index (κ2) is 8.87. The van der Waals surface area contributed by atoms with Crippen LogP contribution >= 0.6 is 11.8 Å². The van der Waals surface area contributed by atoms with Crippen molar-refractivity contribution >= 4 is 29.3 Å². The molecular formula is C18H19N5O2S. The fourth-order valence-electron chi connectivity index (χ4n) is 1.97. The maximum atomic E-state index is 11.3. The zero-order chi connectivity index (χ0) is 19.1. The predicted molar refractivity (Wildman–Crippen MR) is 102 cm³/mol. The smallest absolute Gasteiger partial charge is 0.224 e. The number of carbonyl (C=O) groups is 1. The Hall–Kier alpha value is -3.05. The third-order valence-corrected chi connectivity index (χ3v) is 3.81. The highest BCUT2D eigenvalue weighted by molar-refractivity contribution is 7.99.